The van der Waals surface area contributed by atoms with Gasteiger partial charge < -0.3 is 0 Å². The van der Waals surface area contributed by atoms with Crippen LogP contribution in [0.1, 0.15) is 33.6 Å². The molecule has 2 heterocycles. The first-order valence-corrected chi connectivity index (χ1v) is 11.0. The van der Waals surface area contributed by atoms with Gasteiger partial charge in [-0.3, -0.25) is 19.1 Å². The third-order valence-corrected chi connectivity index (χ3v) is 6.32. The number of carbonyl (C=O) groups excluding carboxylic acids is 1. The van der Waals surface area contributed by atoms with Gasteiger partial charge in [0.05, 0.1) is 17.6 Å². The first-order chi connectivity index (χ1) is 16.0. The minimum atomic E-state index is -0.628. The molecule has 1 amide bonds. The van der Waals surface area contributed by atoms with Gasteiger partial charge in [0.1, 0.15) is 11.6 Å². The van der Waals surface area contributed by atoms with Crippen LogP contribution in [0.2, 0.25) is 10.0 Å². The van der Waals surface area contributed by atoms with E-state index < -0.39 is 23.8 Å². The van der Waals surface area contributed by atoms with E-state index in [1.54, 1.807) is 47.0 Å². The highest BCUT2D eigenvalue weighted by atomic mass is 35.5. The Morgan fingerprint density at radius 3 is 1.91 bits per heavy atom. The highest BCUT2D eigenvalue weighted by Gasteiger charge is 2.44. The van der Waals surface area contributed by atoms with Gasteiger partial charge in [-0.2, -0.15) is 0 Å². The molecule has 7 heteroatoms. The summed E-state index contributed by atoms with van der Waals surface area (Å²) in [6.07, 6.45) is 0. The average molecular weight is 479 g/mol. The lowest BCUT2D eigenvalue weighted by atomic mass is 9.93. The summed E-state index contributed by atoms with van der Waals surface area (Å²) in [5.41, 5.74) is 1.20. The third-order valence-electron chi connectivity index (χ3n) is 5.82. The zero-order valence-corrected chi connectivity index (χ0v) is 18.7. The molecule has 5 rings (SSSR count). The number of amides is 1. The second-order valence-electron chi connectivity index (χ2n) is 7.74. The summed E-state index contributed by atoms with van der Waals surface area (Å²) in [7, 11) is 0. The molecule has 4 aromatic rings. The van der Waals surface area contributed by atoms with Gasteiger partial charge in [-0.25, -0.2) is 4.39 Å². The Balaban J connectivity index is 1.78. The number of nitrogens with zero attached hydrogens (tertiary/aromatic N) is 2. The van der Waals surface area contributed by atoms with Crippen molar-refractivity contribution < 1.29 is 9.18 Å². The van der Waals surface area contributed by atoms with Crippen LogP contribution in [0.25, 0.3) is 0 Å². The summed E-state index contributed by atoms with van der Waals surface area (Å²) >= 11 is 12.2. The number of carbonyl (C=O) groups is 1. The predicted molar refractivity (Wildman–Crippen MR) is 128 cm³/mol. The largest absolute Gasteiger partial charge is 0.284 e. The van der Waals surface area contributed by atoms with Crippen molar-refractivity contribution in [3.8, 4) is 0 Å². The molecule has 0 bridgehead atoms. The monoisotopic (exact) mass is 478 g/mol. The fraction of sp³-hybridized carbons (Fsp3) is 0.0769. The molecule has 2 atom stereocenters. The Kier molecular flexibility index (Phi) is 5.52. The summed E-state index contributed by atoms with van der Waals surface area (Å²) in [4.78, 5) is 28.3. The molecular weight excluding hydrogens is 462 g/mol. The lowest BCUT2D eigenvalue weighted by molar-refractivity contribution is 0.0974. The molecular formula is C26H17Cl2FN2O2. The molecule has 0 saturated carbocycles. The van der Waals surface area contributed by atoms with E-state index in [9.17, 15) is 14.0 Å². The minimum absolute atomic E-state index is 0.0731. The molecule has 0 unspecified atom stereocenters. The molecule has 0 radical (unpaired) electrons. The molecule has 0 spiro atoms. The summed E-state index contributed by atoms with van der Waals surface area (Å²) in [5.74, 6) is -0.781. The van der Waals surface area contributed by atoms with E-state index in [0.717, 1.165) is 11.1 Å². The topological polar surface area (TPSA) is 42.3 Å². The van der Waals surface area contributed by atoms with Gasteiger partial charge >= 0.3 is 0 Å². The fourth-order valence-electron chi connectivity index (χ4n) is 4.37. The van der Waals surface area contributed by atoms with Crippen LogP contribution in [0.5, 0.6) is 0 Å². The Hall–Kier alpha value is -3.41. The van der Waals surface area contributed by atoms with Crippen molar-refractivity contribution in [2.45, 2.75) is 12.1 Å². The predicted octanol–water partition coefficient (Wildman–Crippen LogP) is 6.29. The molecule has 0 saturated heterocycles. The van der Waals surface area contributed by atoms with Gasteiger partial charge in [0.25, 0.3) is 11.5 Å². The van der Waals surface area contributed by atoms with E-state index in [2.05, 4.69) is 0 Å². The Labute approximate surface area is 199 Å². The molecule has 4 nitrogen and oxygen atoms in total. The molecule has 1 aliphatic rings. The average Bonchev–Trinajstić information content (AvgIpc) is 3.16. The Morgan fingerprint density at radius 1 is 0.727 bits per heavy atom. The quantitative estimate of drug-likeness (QED) is 0.347. The van der Waals surface area contributed by atoms with E-state index >= 15 is 0 Å². The number of hydrogen-bond donors (Lipinski definition) is 0. The van der Waals surface area contributed by atoms with Crippen LogP contribution in [0.3, 0.4) is 0 Å². The second-order valence-corrected chi connectivity index (χ2v) is 8.61. The zero-order valence-electron chi connectivity index (χ0n) is 17.2. The standard InChI is InChI=1S/C26H17Cl2FN2O2/c27-18-12-8-16(9-13-18)24-25(17-10-14-19(28)15-11-17)31(22-6-3-7-23(32)30(22)24)26(33)20-4-1-2-5-21(20)29/h1-15,24-25H/t24-,25+/m0/s1. The fourth-order valence-corrected chi connectivity index (χ4v) is 4.62. The van der Waals surface area contributed by atoms with Crippen LogP contribution in [0, 0.1) is 5.82 Å². The summed E-state index contributed by atoms with van der Waals surface area (Å²) in [6.45, 7) is 0. The molecule has 1 aromatic heterocycles. The second kappa shape index (κ2) is 8.50. The third kappa shape index (κ3) is 3.73. The van der Waals surface area contributed by atoms with Crippen LogP contribution < -0.4 is 10.5 Å². The van der Waals surface area contributed by atoms with Gasteiger partial charge in [0, 0.05) is 16.1 Å². The van der Waals surface area contributed by atoms with Crippen LogP contribution in [-0.2, 0) is 0 Å². The highest BCUT2D eigenvalue weighted by molar-refractivity contribution is 6.30. The lowest BCUT2D eigenvalue weighted by Gasteiger charge is -2.28. The van der Waals surface area contributed by atoms with Crippen molar-refractivity contribution >= 4 is 34.9 Å². The number of fused-ring (bicyclic) bond motifs is 1. The van der Waals surface area contributed by atoms with Crippen molar-refractivity contribution in [1.29, 1.82) is 0 Å². The SMILES string of the molecule is O=C(c1ccccc1F)N1c2cccc(=O)n2[C@@H](c2ccc(Cl)cc2)[C@H]1c1ccc(Cl)cc1. The number of hydrogen-bond acceptors (Lipinski definition) is 2. The normalized spacial score (nSPS) is 17.1. The van der Waals surface area contributed by atoms with Crippen LogP contribution in [-0.4, -0.2) is 10.5 Å². The van der Waals surface area contributed by atoms with Crippen molar-refractivity contribution in [2.24, 2.45) is 0 Å². The van der Waals surface area contributed by atoms with Gasteiger partial charge in [0.2, 0.25) is 0 Å². The van der Waals surface area contributed by atoms with Crippen LogP contribution in [0.15, 0.2) is 95.8 Å². The maximum atomic E-state index is 14.6. The highest BCUT2D eigenvalue weighted by Crippen LogP contribution is 2.47. The van der Waals surface area contributed by atoms with Crippen molar-refractivity contribution in [3.63, 3.8) is 0 Å². The number of rotatable bonds is 3. The minimum Gasteiger partial charge on any atom is -0.284 e. The van der Waals surface area contributed by atoms with Crippen molar-refractivity contribution in [3.05, 3.63) is 134 Å². The van der Waals surface area contributed by atoms with E-state index in [4.69, 9.17) is 23.2 Å². The number of halogens is 3. The Bertz CT molecular complexity index is 1400. The maximum Gasteiger partial charge on any atom is 0.263 e. The van der Waals surface area contributed by atoms with E-state index in [1.807, 2.05) is 24.3 Å². The van der Waals surface area contributed by atoms with Gasteiger partial charge in [-0.1, -0.05) is 65.7 Å². The summed E-state index contributed by atoms with van der Waals surface area (Å²) in [5, 5.41) is 1.10. The van der Waals surface area contributed by atoms with Crippen LogP contribution in [0.4, 0.5) is 10.2 Å². The lowest BCUT2D eigenvalue weighted by Crippen LogP contribution is -2.34. The molecule has 1 aliphatic heterocycles. The van der Waals surface area contributed by atoms with Crippen LogP contribution >= 0.6 is 23.2 Å². The zero-order chi connectivity index (χ0) is 23.1. The number of pyridine rings is 1. The summed E-state index contributed by atoms with van der Waals surface area (Å²) < 4.78 is 16.2. The molecule has 3 aromatic carbocycles. The molecule has 0 aliphatic carbocycles. The molecule has 0 fully saturated rings. The maximum absolute atomic E-state index is 14.6. The van der Waals surface area contributed by atoms with E-state index in [1.165, 1.54) is 29.2 Å². The molecule has 164 valence electrons. The van der Waals surface area contributed by atoms with Gasteiger partial charge in [0.15, 0.2) is 0 Å². The number of benzene rings is 3. The van der Waals surface area contributed by atoms with E-state index in [0.29, 0.717) is 15.9 Å². The first kappa shape index (κ1) is 21.4. The Morgan fingerprint density at radius 2 is 1.30 bits per heavy atom. The first-order valence-electron chi connectivity index (χ1n) is 10.3. The van der Waals surface area contributed by atoms with E-state index in [-0.39, 0.29) is 11.1 Å². The molecule has 33 heavy (non-hydrogen) atoms. The summed E-state index contributed by atoms with van der Waals surface area (Å²) in [6, 6.07) is 23.6. The number of aromatic nitrogens is 1. The van der Waals surface area contributed by atoms with Gasteiger partial charge in [-0.15, -0.1) is 0 Å². The van der Waals surface area contributed by atoms with Gasteiger partial charge in [-0.05, 0) is 53.6 Å². The molecule has 0 N–H and O–H groups in total. The number of anilines is 1. The smallest absolute Gasteiger partial charge is 0.263 e. The van der Waals surface area contributed by atoms with Crippen molar-refractivity contribution in [2.75, 3.05) is 4.90 Å². The van der Waals surface area contributed by atoms with Crippen molar-refractivity contribution in [1.82, 2.24) is 4.57 Å².